The molecule has 0 saturated carbocycles. The van der Waals surface area contributed by atoms with E-state index in [2.05, 4.69) is 9.88 Å². The molecule has 1 N–H and O–H groups in total. The molecule has 2 aromatic carbocycles. The molecule has 0 atom stereocenters. The predicted octanol–water partition coefficient (Wildman–Crippen LogP) is 4.10. The number of nitrogens with zero attached hydrogens (tertiary/aromatic N) is 2. The maximum atomic E-state index is 12.7. The maximum absolute atomic E-state index is 12.7. The fourth-order valence-electron chi connectivity index (χ4n) is 3.95. The van der Waals surface area contributed by atoms with Gasteiger partial charge in [-0.3, -0.25) is 9.69 Å². The van der Waals surface area contributed by atoms with Crippen LogP contribution in [-0.4, -0.2) is 34.6 Å². The lowest BCUT2D eigenvalue weighted by atomic mass is 10.0. The van der Waals surface area contributed by atoms with Crippen LogP contribution in [0.5, 0.6) is 11.5 Å². The first-order valence-electron chi connectivity index (χ1n) is 10.9. The number of aromatic nitrogens is 2. The third-order valence-electron chi connectivity index (χ3n) is 5.51. The number of ether oxygens (including phenoxy) is 2. The van der Waals surface area contributed by atoms with Crippen LogP contribution in [0.2, 0.25) is 0 Å². The summed E-state index contributed by atoms with van der Waals surface area (Å²) in [6.07, 6.45) is 0.682. The van der Waals surface area contributed by atoms with Gasteiger partial charge in [-0.25, -0.2) is 4.98 Å². The summed E-state index contributed by atoms with van der Waals surface area (Å²) in [5.41, 5.74) is 4.79. The van der Waals surface area contributed by atoms with Gasteiger partial charge in [-0.15, -0.1) is 0 Å². The molecular formula is C25H29N3O3. The fourth-order valence-corrected chi connectivity index (χ4v) is 3.95. The average Bonchev–Trinajstić information content (AvgIpc) is 2.76. The van der Waals surface area contributed by atoms with Crippen molar-refractivity contribution in [3.05, 3.63) is 75.2 Å². The van der Waals surface area contributed by atoms with Gasteiger partial charge in [0.15, 0.2) is 0 Å². The van der Waals surface area contributed by atoms with Gasteiger partial charge in [0, 0.05) is 36.3 Å². The Hall–Kier alpha value is -3.12. The van der Waals surface area contributed by atoms with E-state index in [1.165, 1.54) is 5.56 Å². The summed E-state index contributed by atoms with van der Waals surface area (Å²) in [5.74, 6) is 2.34. The van der Waals surface area contributed by atoms with E-state index in [9.17, 15) is 4.79 Å². The van der Waals surface area contributed by atoms with Crippen LogP contribution in [0.4, 0.5) is 0 Å². The van der Waals surface area contributed by atoms with E-state index in [1.54, 1.807) is 0 Å². The normalized spacial score (nSPS) is 13.6. The molecule has 31 heavy (non-hydrogen) atoms. The van der Waals surface area contributed by atoms with Crippen molar-refractivity contribution in [2.75, 3.05) is 19.8 Å². The summed E-state index contributed by atoms with van der Waals surface area (Å²) in [6.45, 7) is 9.38. The Morgan fingerprint density at radius 3 is 2.58 bits per heavy atom. The molecule has 162 valence electrons. The van der Waals surface area contributed by atoms with Gasteiger partial charge < -0.3 is 14.5 Å². The van der Waals surface area contributed by atoms with E-state index in [-0.39, 0.29) is 5.56 Å². The second-order valence-electron chi connectivity index (χ2n) is 7.80. The number of fused-ring (bicyclic) bond motifs is 1. The van der Waals surface area contributed by atoms with Crippen molar-refractivity contribution in [3.63, 3.8) is 0 Å². The molecule has 1 aromatic heterocycles. The van der Waals surface area contributed by atoms with Crippen molar-refractivity contribution >= 4 is 0 Å². The van der Waals surface area contributed by atoms with E-state index in [4.69, 9.17) is 14.5 Å². The highest BCUT2D eigenvalue weighted by molar-refractivity contribution is 5.55. The summed E-state index contributed by atoms with van der Waals surface area (Å²) >= 11 is 0. The lowest BCUT2D eigenvalue weighted by molar-refractivity contribution is 0.234. The Morgan fingerprint density at radius 1 is 1.06 bits per heavy atom. The summed E-state index contributed by atoms with van der Waals surface area (Å²) in [4.78, 5) is 22.8. The molecule has 1 aliphatic heterocycles. The summed E-state index contributed by atoms with van der Waals surface area (Å²) < 4.78 is 11.5. The van der Waals surface area contributed by atoms with E-state index in [1.807, 2.05) is 63.2 Å². The smallest absolute Gasteiger partial charge is 0.254 e. The molecule has 0 bridgehead atoms. The van der Waals surface area contributed by atoms with Crippen molar-refractivity contribution in [1.29, 1.82) is 0 Å². The molecule has 0 saturated heterocycles. The molecule has 0 amide bonds. The Kier molecular flexibility index (Phi) is 6.37. The SMILES string of the molecule is CCOc1ccc(OCC)c(CN2CCc3c(nc(-c4ccc(C)cc4)[nH]c3=O)C2)c1. The van der Waals surface area contributed by atoms with Gasteiger partial charge in [-0.2, -0.15) is 0 Å². The number of nitrogens with one attached hydrogen (secondary N) is 1. The van der Waals surface area contributed by atoms with Gasteiger partial charge in [0.25, 0.3) is 5.56 Å². The number of hydrogen-bond donors (Lipinski definition) is 1. The number of aromatic amines is 1. The van der Waals surface area contributed by atoms with Crippen LogP contribution in [0.3, 0.4) is 0 Å². The summed E-state index contributed by atoms with van der Waals surface area (Å²) in [5, 5.41) is 0. The van der Waals surface area contributed by atoms with Gasteiger partial charge in [-0.1, -0.05) is 29.8 Å². The molecule has 0 fully saturated rings. The minimum atomic E-state index is -0.0337. The highest BCUT2D eigenvalue weighted by Gasteiger charge is 2.22. The Morgan fingerprint density at radius 2 is 1.84 bits per heavy atom. The molecule has 4 rings (SSSR count). The van der Waals surface area contributed by atoms with Crippen molar-refractivity contribution in [3.8, 4) is 22.9 Å². The molecule has 1 aliphatic rings. The second-order valence-corrected chi connectivity index (χ2v) is 7.80. The topological polar surface area (TPSA) is 67.5 Å². The van der Waals surface area contributed by atoms with Gasteiger partial charge in [0.1, 0.15) is 17.3 Å². The van der Waals surface area contributed by atoms with E-state index in [0.29, 0.717) is 38.5 Å². The van der Waals surface area contributed by atoms with Crippen LogP contribution >= 0.6 is 0 Å². The largest absolute Gasteiger partial charge is 0.494 e. The lowest BCUT2D eigenvalue weighted by Crippen LogP contribution is -2.35. The number of rotatable bonds is 7. The standard InChI is InChI=1S/C25H29N3O3/c1-4-30-20-10-11-23(31-5-2)19(14-20)15-28-13-12-21-22(16-28)26-24(27-25(21)29)18-8-6-17(3)7-9-18/h6-11,14H,4-5,12-13,15-16H2,1-3H3,(H,26,27,29). The van der Waals surface area contributed by atoms with Gasteiger partial charge in [0.2, 0.25) is 0 Å². The number of H-pyrrole nitrogens is 1. The first kappa shape index (κ1) is 21.1. The molecule has 0 radical (unpaired) electrons. The Labute approximate surface area is 182 Å². The fraction of sp³-hybridized carbons (Fsp3) is 0.360. The quantitative estimate of drug-likeness (QED) is 0.624. The second kappa shape index (κ2) is 9.35. The number of aryl methyl sites for hydroxylation is 1. The Bertz CT molecular complexity index is 1110. The van der Waals surface area contributed by atoms with Crippen LogP contribution in [0.1, 0.15) is 36.2 Å². The van der Waals surface area contributed by atoms with Crippen molar-refractivity contribution in [2.45, 2.75) is 40.3 Å². The Balaban J connectivity index is 1.59. The minimum Gasteiger partial charge on any atom is -0.494 e. The first-order chi connectivity index (χ1) is 15.1. The van der Waals surface area contributed by atoms with Crippen LogP contribution < -0.4 is 15.0 Å². The minimum absolute atomic E-state index is 0.0337. The number of hydrogen-bond acceptors (Lipinski definition) is 5. The zero-order valence-electron chi connectivity index (χ0n) is 18.4. The van der Waals surface area contributed by atoms with Gasteiger partial charge in [0.05, 0.1) is 18.9 Å². The summed E-state index contributed by atoms with van der Waals surface area (Å²) in [7, 11) is 0. The van der Waals surface area contributed by atoms with E-state index < -0.39 is 0 Å². The van der Waals surface area contributed by atoms with Crippen molar-refractivity contribution in [1.82, 2.24) is 14.9 Å². The van der Waals surface area contributed by atoms with E-state index in [0.717, 1.165) is 40.4 Å². The van der Waals surface area contributed by atoms with Crippen LogP contribution in [0.15, 0.2) is 47.3 Å². The van der Waals surface area contributed by atoms with Crippen LogP contribution in [-0.2, 0) is 19.5 Å². The monoisotopic (exact) mass is 419 g/mol. The molecular weight excluding hydrogens is 390 g/mol. The predicted molar refractivity (Wildman–Crippen MR) is 122 cm³/mol. The van der Waals surface area contributed by atoms with Crippen LogP contribution in [0.25, 0.3) is 11.4 Å². The molecule has 6 heteroatoms. The zero-order valence-corrected chi connectivity index (χ0v) is 18.4. The van der Waals surface area contributed by atoms with Crippen LogP contribution in [0, 0.1) is 6.92 Å². The third-order valence-corrected chi connectivity index (χ3v) is 5.51. The molecule has 0 aliphatic carbocycles. The van der Waals surface area contributed by atoms with Crippen molar-refractivity contribution in [2.24, 2.45) is 0 Å². The first-order valence-corrected chi connectivity index (χ1v) is 10.9. The number of benzene rings is 2. The molecule has 2 heterocycles. The molecule has 0 unspecified atom stereocenters. The van der Waals surface area contributed by atoms with Gasteiger partial charge >= 0.3 is 0 Å². The zero-order chi connectivity index (χ0) is 21.8. The molecule has 6 nitrogen and oxygen atoms in total. The molecule has 3 aromatic rings. The average molecular weight is 420 g/mol. The molecule has 0 spiro atoms. The summed E-state index contributed by atoms with van der Waals surface area (Å²) in [6, 6.07) is 14.0. The lowest BCUT2D eigenvalue weighted by Gasteiger charge is -2.28. The highest BCUT2D eigenvalue weighted by atomic mass is 16.5. The van der Waals surface area contributed by atoms with Crippen molar-refractivity contribution < 1.29 is 9.47 Å². The highest BCUT2D eigenvalue weighted by Crippen LogP contribution is 2.28. The van der Waals surface area contributed by atoms with E-state index >= 15 is 0 Å². The van der Waals surface area contributed by atoms with Gasteiger partial charge in [-0.05, 0) is 45.4 Å². The third kappa shape index (κ3) is 4.80. The maximum Gasteiger partial charge on any atom is 0.254 e.